The van der Waals surface area contributed by atoms with Gasteiger partial charge in [-0.15, -0.1) is 12.4 Å². The summed E-state index contributed by atoms with van der Waals surface area (Å²) in [5, 5.41) is 6.11. The van der Waals surface area contributed by atoms with Gasteiger partial charge in [0.25, 0.3) is 0 Å². The lowest BCUT2D eigenvalue weighted by molar-refractivity contribution is -0.120. The molecule has 1 aromatic rings. The first-order valence-corrected chi connectivity index (χ1v) is 6.10. The molecule has 6 heteroatoms. The molecule has 1 saturated heterocycles. The zero-order valence-corrected chi connectivity index (χ0v) is 11.0. The predicted molar refractivity (Wildman–Crippen MR) is 69.1 cm³/mol. The molecule has 1 saturated carbocycles. The van der Waals surface area contributed by atoms with Gasteiger partial charge in [0.05, 0.1) is 6.42 Å². The van der Waals surface area contributed by atoms with E-state index in [1.807, 2.05) is 0 Å². The van der Waals surface area contributed by atoms with Crippen LogP contribution in [0.15, 0.2) is 18.2 Å². The zero-order chi connectivity index (χ0) is 12.7. The van der Waals surface area contributed by atoms with Crippen LogP contribution < -0.4 is 10.6 Å². The highest BCUT2D eigenvalue weighted by molar-refractivity contribution is 5.85. The summed E-state index contributed by atoms with van der Waals surface area (Å²) in [4.78, 5) is 11.7. The Morgan fingerprint density at radius 3 is 2.68 bits per heavy atom. The molecule has 19 heavy (non-hydrogen) atoms. The van der Waals surface area contributed by atoms with Gasteiger partial charge in [-0.1, -0.05) is 12.1 Å². The van der Waals surface area contributed by atoms with Crippen LogP contribution in [-0.4, -0.2) is 25.0 Å². The minimum atomic E-state index is -0.926. The number of hydrogen-bond acceptors (Lipinski definition) is 2. The van der Waals surface area contributed by atoms with Crippen LogP contribution in [0.1, 0.15) is 5.56 Å². The van der Waals surface area contributed by atoms with Crippen molar-refractivity contribution in [2.24, 2.45) is 11.8 Å². The highest BCUT2D eigenvalue weighted by atomic mass is 35.5. The number of piperidine rings is 1. The lowest BCUT2D eigenvalue weighted by Gasteiger charge is -2.08. The van der Waals surface area contributed by atoms with Crippen molar-refractivity contribution in [1.82, 2.24) is 10.6 Å². The molecule has 1 aromatic carbocycles. The lowest BCUT2D eigenvalue weighted by Crippen LogP contribution is -2.33. The summed E-state index contributed by atoms with van der Waals surface area (Å²) in [6.45, 7) is 1.87. The van der Waals surface area contributed by atoms with Gasteiger partial charge in [0.2, 0.25) is 5.91 Å². The first-order chi connectivity index (χ1) is 8.66. The van der Waals surface area contributed by atoms with E-state index in [0.29, 0.717) is 11.8 Å². The largest absolute Gasteiger partial charge is 0.352 e. The average molecular weight is 289 g/mol. The number of carbonyl (C=O) groups excluding carboxylic acids is 1. The second-order valence-corrected chi connectivity index (χ2v) is 4.97. The fourth-order valence-corrected chi connectivity index (χ4v) is 2.73. The number of amides is 1. The number of rotatable bonds is 3. The van der Waals surface area contributed by atoms with E-state index in [4.69, 9.17) is 0 Å². The quantitative estimate of drug-likeness (QED) is 0.879. The summed E-state index contributed by atoms with van der Waals surface area (Å²) in [7, 11) is 0. The zero-order valence-electron chi connectivity index (χ0n) is 10.2. The number of benzene rings is 1. The summed E-state index contributed by atoms with van der Waals surface area (Å²) in [5.74, 6) is -1.03. The van der Waals surface area contributed by atoms with Crippen molar-refractivity contribution in [2.75, 3.05) is 13.1 Å². The molecule has 2 unspecified atom stereocenters. The van der Waals surface area contributed by atoms with Crippen molar-refractivity contribution in [3.05, 3.63) is 35.4 Å². The van der Waals surface area contributed by atoms with Gasteiger partial charge in [-0.2, -0.15) is 0 Å². The molecule has 2 N–H and O–H groups in total. The highest BCUT2D eigenvalue weighted by Gasteiger charge is 2.53. The third-order valence-electron chi connectivity index (χ3n) is 3.80. The molecule has 0 aromatic heterocycles. The Labute approximate surface area is 116 Å². The molecule has 104 valence electrons. The van der Waals surface area contributed by atoms with Crippen molar-refractivity contribution in [2.45, 2.75) is 12.5 Å². The number of fused-ring (bicyclic) bond motifs is 1. The molecular formula is C13H15ClF2N2O. The van der Waals surface area contributed by atoms with Crippen molar-refractivity contribution < 1.29 is 13.6 Å². The van der Waals surface area contributed by atoms with Crippen molar-refractivity contribution in [1.29, 1.82) is 0 Å². The molecule has 2 aliphatic rings. The van der Waals surface area contributed by atoms with E-state index in [-0.39, 0.29) is 36.3 Å². The van der Waals surface area contributed by atoms with Crippen molar-refractivity contribution in [3.63, 3.8) is 0 Å². The molecule has 1 heterocycles. The molecule has 1 aliphatic carbocycles. The smallest absolute Gasteiger partial charge is 0.224 e. The van der Waals surface area contributed by atoms with Gasteiger partial charge in [0, 0.05) is 24.7 Å². The summed E-state index contributed by atoms with van der Waals surface area (Å²) >= 11 is 0. The maximum atomic E-state index is 13.4. The van der Waals surface area contributed by atoms with Crippen LogP contribution in [-0.2, 0) is 11.2 Å². The molecule has 1 aliphatic heterocycles. The Bertz CT molecular complexity index is 488. The molecule has 3 nitrogen and oxygen atoms in total. The Morgan fingerprint density at radius 1 is 1.32 bits per heavy atom. The molecular weight excluding hydrogens is 274 g/mol. The Morgan fingerprint density at radius 2 is 2.00 bits per heavy atom. The van der Waals surface area contributed by atoms with E-state index in [0.717, 1.165) is 19.2 Å². The third kappa shape index (κ3) is 2.72. The number of nitrogens with one attached hydrogen (secondary N) is 2. The van der Waals surface area contributed by atoms with Gasteiger partial charge in [0.1, 0.15) is 0 Å². The lowest BCUT2D eigenvalue weighted by atomic mass is 10.1. The monoisotopic (exact) mass is 288 g/mol. The van der Waals surface area contributed by atoms with Gasteiger partial charge in [-0.3, -0.25) is 4.79 Å². The molecule has 0 bridgehead atoms. The second kappa shape index (κ2) is 5.43. The molecule has 2 atom stereocenters. The van der Waals surface area contributed by atoms with Gasteiger partial charge in [0.15, 0.2) is 11.6 Å². The number of hydrogen-bond donors (Lipinski definition) is 2. The topological polar surface area (TPSA) is 41.1 Å². The second-order valence-electron chi connectivity index (χ2n) is 4.97. The van der Waals surface area contributed by atoms with E-state index in [9.17, 15) is 13.6 Å². The van der Waals surface area contributed by atoms with Gasteiger partial charge < -0.3 is 10.6 Å². The van der Waals surface area contributed by atoms with E-state index < -0.39 is 11.6 Å². The highest BCUT2D eigenvalue weighted by Crippen LogP contribution is 2.41. The Hall–Kier alpha value is -1.20. The maximum Gasteiger partial charge on any atom is 0.224 e. The average Bonchev–Trinajstić information content (AvgIpc) is 2.78. The summed E-state index contributed by atoms with van der Waals surface area (Å²) in [6, 6.07) is 4.12. The van der Waals surface area contributed by atoms with Crippen LogP contribution in [0, 0.1) is 23.5 Å². The fourth-order valence-electron chi connectivity index (χ4n) is 2.73. The SMILES string of the molecule is Cl.O=C(Cc1cccc(F)c1F)NC1C2CNCC21. The molecule has 0 radical (unpaired) electrons. The number of carbonyl (C=O) groups is 1. The van der Waals surface area contributed by atoms with E-state index in [1.54, 1.807) is 0 Å². The van der Waals surface area contributed by atoms with Crippen LogP contribution in [0.5, 0.6) is 0 Å². The minimum Gasteiger partial charge on any atom is -0.352 e. The van der Waals surface area contributed by atoms with Crippen molar-refractivity contribution in [3.8, 4) is 0 Å². The van der Waals surface area contributed by atoms with Crippen LogP contribution >= 0.6 is 12.4 Å². The van der Waals surface area contributed by atoms with Gasteiger partial charge >= 0.3 is 0 Å². The van der Waals surface area contributed by atoms with Crippen LogP contribution in [0.2, 0.25) is 0 Å². The normalized spacial score (nSPS) is 27.4. The van der Waals surface area contributed by atoms with Crippen LogP contribution in [0.3, 0.4) is 0 Å². The van der Waals surface area contributed by atoms with E-state index in [1.165, 1.54) is 12.1 Å². The Balaban J connectivity index is 0.00000133. The fraction of sp³-hybridized carbons (Fsp3) is 0.462. The molecule has 3 rings (SSSR count). The summed E-state index contributed by atoms with van der Waals surface area (Å²) in [6.07, 6.45) is -0.104. The molecule has 1 amide bonds. The summed E-state index contributed by atoms with van der Waals surface area (Å²) in [5.41, 5.74) is 0.108. The predicted octanol–water partition coefficient (Wildman–Crippen LogP) is 1.26. The van der Waals surface area contributed by atoms with Crippen LogP contribution in [0.25, 0.3) is 0 Å². The minimum absolute atomic E-state index is 0. The first kappa shape index (κ1) is 14.2. The van der Waals surface area contributed by atoms with Gasteiger partial charge in [-0.25, -0.2) is 8.78 Å². The standard InChI is InChI=1S/C13H14F2N2O.ClH/c14-10-3-1-2-7(12(10)15)4-11(18)17-13-8-5-16-6-9(8)13;/h1-3,8-9,13,16H,4-6H2,(H,17,18);1H. The van der Waals surface area contributed by atoms with Crippen molar-refractivity contribution >= 4 is 18.3 Å². The molecule has 0 spiro atoms. The Kier molecular flexibility index (Phi) is 4.06. The van der Waals surface area contributed by atoms with Gasteiger partial charge in [-0.05, 0) is 17.9 Å². The van der Waals surface area contributed by atoms with Crippen LogP contribution in [0.4, 0.5) is 8.78 Å². The molecule has 2 fully saturated rings. The maximum absolute atomic E-state index is 13.4. The van der Waals surface area contributed by atoms with E-state index >= 15 is 0 Å². The summed E-state index contributed by atoms with van der Waals surface area (Å²) < 4.78 is 26.4. The third-order valence-corrected chi connectivity index (χ3v) is 3.80. The number of halogens is 3. The van der Waals surface area contributed by atoms with E-state index in [2.05, 4.69) is 10.6 Å². The first-order valence-electron chi connectivity index (χ1n) is 6.10.